The Kier molecular flexibility index (Phi) is 18.5. The molecule has 0 heterocycles. The van der Waals surface area contributed by atoms with E-state index in [2.05, 4.69) is 15.0 Å². The summed E-state index contributed by atoms with van der Waals surface area (Å²) in [6.07, 6.45) is 3.97. The highest BCUT2D eigenvalue weighted by molar-refractivity contribution is 5.69. The molecule has 2 rings (SSSR count). The van der Waals surface area contributed by atoms with Crippen molar-refractivity contribution in [3.05, 3.63) is 74.9 Å². The molecule has 0 spiro atoms. The van der Waals surface area contributed by atoms with Crippen molar-refractivity contribution in [1.29, 1.82) is 0 Å². The van der Waals surface area contributed by atoms with Crippen LogP contribution < -0.4 is 10.1 Å². The van der Waals surface area contributed by atoms with Crippen LogP contribution in [0.1, 0.15) is 58.3 Å². The van der Waals surface area contributed by atoms with Gasteiger partial charge in [0.1, 0.15) is 25.1 Å². The molecule has 50 heavy (non-hydrogen) atoms. The molecule has 1 aromatic carbocycles. The minimum atomic E-state index is -3.27. The zero-order chi connectivity index (χ0) is 36.9. The summed E-state index contributed by atoms with van der Waals surface area (Å²) < 4.78 is 44.2. The number of nitrogens with one attached hydrogen (secondary N) is 1. The second-order valence-corrected chi connectivity index (χ2v) is 11.8. The molecule has 1 aliphatic carbocycles. The second-order valence-electron chi connectivity index (χ2n) is 11.8. The molecule has 1 amide bonds. The highest BCUT2D eigenvalue weighted by Crippen LogP contribution is 2.37. The van der Waals surface area contributed by atoms with Crippen molar-refractivity contribution in [2.24, 2.45) is 11.8 Å². The summed E-state index contributed by atoms with van der Waals surface area (Å²) >= 11 is 0. The number of carbonyl (C=O) groups excluding carboxylic acids is 2. The van der Waals surface area contributed by atoms with E-state index in [9.17, 15) is 48.8 Å². The molecule has 280 valence electrons. The largest absolute Gasteiger partial charge is 0.487 e. The van der Waals surface area contributed by atoms with E-state index in [0.29, 0.717) is 43.9 Å². The lowest BCUT2D eigenvalue weighted by Gasteiger charge is -2.20. The molecular formula is C32H45F2N3O13. The van der Waals surface area contributed by atoms with Crippen LogP contribution in [0.4, 0.5) is 13.6 Å². The van der Waals surface area contributed by atoms with Crippen molar-refractivity contribution in [2.45, 2.75) is 88.6 Å². The minimum absolute atomic E-state index is 0.0364. The van der Waals surface area contributed by atoms with E-state index in [1.165, 1.54) is 6.08 Å². The van der Waals surface area contributed by atoms with Gasteiger partial charge in [0.15, 0.2) is 6.61 Å². The predicted octanol–water partition coefficient (Wildman–Crippen LogP) is 4.34. The lowest BCUT2D eigenvalue weighted by atomic mass is 9.89. The summed E-state index contributed by atoms with van der Waals surface area (Å²) in [5.41, 5.74) is 0. The fourth-order valence-corrected chi connectivity index (χ4v) is 5.08. The number of benzene rings is 1. The van der Waals surface area contributed by atoms with Gasteiger partial charge in [0.25, 0.3) is 16.1 Å². The summed E-state index contributed by atoms with van der Waals surface area (Å²) in [6, 6.07) is 7.67. The normalized spacial score (nSPS) is 20.3. The van der Waals surface area contributed by atoms with Crippen LogP contribution in [0.3, 0.4) is 0 Å². The van der Waals surface area contributed by atoms with Gasteiger partial charge >= 0.3 is 12.1 Å². The Morgan fingerprint density at radius 3 is 2.48 bits per heavy atom. The van der Waals surface area contributed by atoms with Gasteiger partial charge in [0.2, 0.25) is 0 Å². The summed E-state index contributed by atoms with van der Waals surface area (Å²) in [5.74, 6) is -4.57. The number of hydrogen-bond acceptors (Lipinski definition) is 13. The van der Waals surface area contributed by atoms with Crippen LogP contribution in [0.15, 0.2) is 54.6 Å². The monoisotopic (exact) mass is 717 g/mol. The molecular weight excluding hydrogens is 672 g/mol. The van der Waals surface area contributed by atoms with Gasteiger partial charge in [-0.3, -0.25) is 4.79 Å². The van der Waals surface area contributed by atoms with Crippen molar-refractivity contribution < 1.29 is 62.6 Å². The number of alkyl carbamates (subject to hydrolysis) is 1. The number of alkyl halides is 2. The number of hydrogen-bond donors (Lipinski definition) is 3. The summed E-state index contributed by atoms with van der Waals surface area (Å²) in [5, 5.41) is 41.8. The van der Waals surface area contributed by atoms with Crippen LogP contribution in [0.5, 0.6) is 5.75 Å². The Morgan fingerprint density at radius 2 is 1.78 bits per heavy atom. The van der Waals surface area contributed by atoms with E-state index in [1.54, 1.807) is 43.3 Å². The standard InChI is InChI=1S/C32H45F2N3O13/c1-23(35-31(41)46-18-10-9-13-25(50-37(44)45)21-49-36(42)43)20-47-30(40)15-8-3-2-7-14-26-27(29(39)19-28(26)38)16-17-32(33,34)22-48-24-11-5-4-6-12-24/h2,4-7,11-12,16-17,23,25-29,38-39H,3,8-10,13-15,18-22H2,1H3,(H,35,41)/b7-2-,17-16+/t23-,25?,26+,27+,28-,29+/m0/s1. The van der Waals surface area contributed by atoms with Crippen LogP contribution in [0.25, 0.3) is 0 Å². The maximum atomic E-state index is 14.4. The Bertz CT molecular complexity index is 1250. The molecule has 18 heteroatoms. The van der Waals surface area contributed by atoms with E-state index in [0.717, 1.165) is 0 Å². The number of carbonyl (C=O) groups is 2. The quantitative estimate of drug-likeness (QED) is 0.0446. The van der Waals surface area contributed by atoms with Crippen LogP contribution in [0.2, 0.25) is 0 Å². The van der Waals surface area contributed by atoms with E-state index in [4.69, 9.17) is 14.2 Å². The SMILES string of the molecule is C[C@@H](COC(=O)CCC/C=C\C[C@@H]1[C@@H](/C=C/C(F)(F)COc2ccccc2)[C@H](O)C[C@@H]1O)NC(=O)OCCCCC(CO[N+](=O)[O-])O[N+](=O)[O-]. The lowest BCUT2D eigenvalue weighted by Crippen LogP contribution is -2.37. The first-order valence-corrected chi connectivity index (χ1v) is 16.2. The fraction of sp³-hybridized carbons (Fsp3) is 0.625. The number of halogens is 2. The van der Waals surface area contributed by atoms with Gasteiger partial charge in [-0.15, -0.1) is 20.2 Å². The van der Waals surface area contributed by atoms with E-state index >= 15 is 0 Å². The number of unbranched alkanes of at least 4 members (excludes halogenated alkanes) is 2. The third-order valence-corrected chi connectivity index (χ3v) is 7.59. The lowest BCUT2D eigenvalue weighted by molar-refractivity contribution is -0.790. The molecule has 1 aromatic rings. The number of aliphatic hydroxyl groups is 2. The highest BCUT2D eigenvalue weighted by atomic mass is 19.3. The zero-order valence-corrected chi connectivity index (χ0v) is 27.7. The van der Waals surface area contributed by atoms with Gasteiger partial charge in [-0.2, -0.15) is 8.78 Å². The van der Waals surface area contributed by atoms with Crippen molar-refractivity contribution in [3.8, 4) is 5.75 Å². The Balaban J connectivity index is 1.60. The van der Waals surface area contributed by atoms with Crippen molar-refractivity contribution in [3.63, 3.8) is 0 Å². The summed E-state index contributed by atoms with van der Waals surface area (Å²) in [7, 11) is 0. The van der Waals surface area contributed by atoms with Crippen molar-refractivity contribution in [2.75, 3.05) is 26.4 Å². The molecule has 16 nitrogen and oxygen atoms in total. The fourth-order valence-electron chi connectivity index (χ4n) is 5.08. The van der Waals surface area contributed by atoms with Gasteiger partial charge in [-0.25, -0.2) is 4.79 Å². The summed E-state index contributed by atoms with van der Waals surface area (Å²) in [6.45, 7) is -0.0134. The smallest absolute Gasteiger partial charge is 0.407 e. The molecule has 0 aliphatic heterocycles. The number of allylic oxidation sites excluding steroid dienone is 2. The molecule has 1 saturated carbocycles. The molecule has 0 bridgehead atoms. The zero-order valence-electron chi connectivity index (χ0n) is 27.7. The number of aliphatic hydroxyl groups excluding tert-OH is 2. The van der Waals surface area contributed by atoms with Crippen molar-refractivity contribution in [1.82, 2.24) is 5.32 Å². The third-order valence-electron chi connectivity index (χ3n) is 7.59. The number of para-hydroxylation sites is 1. The first-order chi connectivity index (χ1) is 23.8. The van der Waals surface area contributed by atoms with Crippen LogP contribution >= 0.6 is 0 Å². The van der Waals surface area contributed by atoms with Crippen LogP contribution in [-0.2, 0) is 23.9 Å². The maximum Gasteiger partial charge on any atom is 0.407 e. The Hall–Kier alpha value is -4.58. The van der Waals surface area contributed by atoms with Gasteiger partial charge in [0, 0.05) is 18.8 Å². The summed E-state index contributed by atoms with van der Waals surface area (Å²) in [4.78, 5) is 53.2. The maximum absolute atomic E-state index is 14.4. The average molecular weight is 718 g/mol. The van der Waals surface area contributed by atoms with Gasteiger partial charge in [-0.1, -0.05) is 36.4 Å². The Morgan fingerprint density at radius 1 is 1.04 bits per heavy atom. The van der Waals surface area contributed by atoms with E-state index < -0.39 is 77.6 Å². The molecule has 0 saturated heterocycles. The van der Waals surface area contributed by atoms with Gasteiger partial charge < -0.3 is 39.4 Å². The molecule has 0 aromatic heterocycles. The molecule has 3 N–H and O–H groups in total. The number of ether oxygens (including phenoxy) is 3. The molecule has 1 unspecified atom stereocenters. The van der Waals surface area contributed by atoms with Crippen LogP contribution in [-0.4, -0.2) is 89.2 Å². The predicted molar refractivity (Wildman–Crippen MR) is 171 cm³/mol. The van der Waals surface area contributed by atoms with Crippen molar-refractivity contribution >= 4 is 12.1 Å². The first-order valence-electron chi connectivity index (χ1n) is 16.2. The second kappa shape index (κ2) is 22.2. The van der Waals surface area contributed by atoms with Crippen LogP contribution in [0, 0.1) is 32.1 Å². The van der Waals surface area contributed by atoms with Gasteiger partial charge in [0.05, 0.1) is 24.9 Å². The minimum Gasteiger partial charge on any atom is -0.487 e. The number of esters is 1. The third kappa shape index (κ3) is 17.7. The molecule has 6 atom stereocenters. The number of rotatable bonds is 24. The van der Waals surface area contributed by atoms with E-state index in [-0.39, 0.29) is 32.5 Å². The molecule has 0 radical (unpaired) electrons. The Labute approximate surface area is 287 Å². The average Bonchev–Trinajstić information content (AvgIpc) is 3.33. The number of nitrogens with zero attached hydrogens (tertiary/aromatic N) is 2. The number of amides is 1. The molecule has 1 aliphatic rings. The van der Waals surface area contributed by atoms with E-state index in [1.807, 2.05) is 6.08 Å². The molecule has 1 fully saturated rings. The first kappa shape index (κ1) is 41.6. The topological polar surface area (TPSA) is 219 Å². The van der Waals surface area contributed by atoms with Gasteiger partial charge in [-0.05, 0) is 69.6 Å². The highest BCUT2D eigenvalue weighted by Gasteiger charge is 2.40.